The first-order chi connectivity index (χ1) is 10.5. The molecule has 0 spiro atoms. The van der Waals surface area contributed by atoms with Crippen LogP contribution in [0.3, 0.4) is 0 Å². The third-order valence-corrected chi connectivity index (χ3v) is 2.16. The maximum atomic E-state index is 10.9. The fourth-order valence-corrected chi connectivity index (χ4v) is 1.27. The lowest BCUT2D eigenvalue weighted by Crippen LogP contribution is -2.23. The second-order valence-electron chi connectivity index (χ2n) is 3.72. The Kier molecular flexibility index (Phi) is 5.95. The molecule has 0 aromatic carbocycles. The summed E-state index contributed by atoms with van der Waals surface area (Å²) < 4.78 is 0. The van der Waals surface area contributed by atoms with Gasteiger partial charge in [-0.05, 0) is 13.8 Å². The molecule has 0 radical (unpaired) electrons. The molecule has 0 aliphatic heterocycles. The van der Waals surface area contributed by atoms with E-state index in [1.165, 1.54) is 12.4 Å². The molecule has 2 aromatic rings. The molecule has 2 rings (SSSR count). The van der Waals surface area contributed by atoms with E-state index in [0.29, 0.717) is 0 Å². The molecule has 0 bridgehead atoms. The van der Waals surface area contributed by atoms with Gasteiger partial charge in [0.05, 0.1) is 0 Å². The lowest BCUT2D eigenvalue weighted by molar-refractivity contribution is 1.03. The van der Waals surface area contributed by atoms with Gasteiger partial charge in [0, 0.05) is 12.4 Å². The quantitative estimate of drug-likeness (QED) is 0.458. The minimum absolute atomic E-state index is 0.270. The van der Waals surface area contributed by atoms with Gasteiger partial charge >= 0.3 is 11.4 Å². The molecule has 8 nitrogen and oxygen atoms in total. The van der Waals surface area contributed by atoms with E-state index in [2.05, 4.69) is 43.6 Å². The molecule has 0 saturated heterocycles. The van der Waals surface area contributed by atoms with E-state index in [9.17, 15) is 19.2 Å². The molecule has 2 aromatic heterocycles. The van der Waals surface area contributed by atoms with Crippen LogP contribution >= 0.6 is 0 Å². The number of hydrogen-bond acceptors (Lipinski definition) is 4. The smallest absolute Gasteiger partial charge is 0.313 e. The molecule has 0 saturated carbocycles. The van der Waals surface area contributed by atoms with Gasteiger partial charge in [0.2, 0.25) is 0 Å². The maximum Gasteiger partial charge on any atom is 0.325 e. The van der Waals surface area contributed by atoms with Crippen LogP contribution in [0.5, 0.6) is 0 Å². The van der Waals surface area contributed by atoms with E-state index in [-0.39, 0.29) is 11.1 Å². The first kappa shape index (κ1) is 16.5. The molecule has 4 N–H and O–H groups in total. The average Bonchev–Trinajstić information content (AvgIpc) is 2.46. The molecular formula is C14H12N4O4. The SMILES string of the molecule is CC#Cc1c[nH]c(=O)[nH]c1=O.CC#Cc1c[nH]c(=O)[nH]c1=O. The van der Waals surface area contributed by atoms with E-state index in [0.717, 1.165) is 0 Å². The van der Waals surface area contributed by atoms with Gasteiger partial charge in [-0.1, -0.05) is 11.8 Å². The lowest BCUT2D eigenvalue weighted by atomic mass is 10.3. The summed E-state index contributed by atoms with van der Waals surface area (Å²) in [4.78, 5) is 51.4. The highest BCUT2D eigenvalue weighted by molar-refractivity contribution is 5.28. The zero-order valence-corrected chi connectivity index (χ0v) is 11.8. The van der Waals surface area contributed by atoms with Gasteiger partial charge in [-0.15, -0.1) is 11.8 Å². The molecule has 0 amide bonds. The molecule has 8 heteroatoms. The van der Waals surface area contributed by atoms with Crippen LogP contribution < -0.4 is 22.5 Å². The monoisotopic (exact) mass is 300 g/mol. The summed E-state index contributed by atoms with van der Waals surface area (Å²) in [5.74, 6) is 10.2. The van der Waals surface area contributed by atoms with Crippen molar-refractivity contribution < 1.29 is 0 Å². The van der Waals surface area contributed by atoms with E-state index >= 15 is 0 Å². The number of rotatable bonds is 0. The molecule has 0 aliphatic rings. The van der Waals surface area contributed by atoms with Crippen LogP contribution in [0.4, 0.5) is 0 Å². The highest BCUT2D eigenvalue weighted by Gasteiger charge is 1.93. The van der Waals surface area contributed by atoms with E-state index in [1.807, 2.05) is 0 Å². The van der Waals surface area contributed by atoms with Gasteiger partial charge in [-0.25, -0.2) is 9.59 Å². The fourth-order valence-electron chi connectivity index (χ4n) is 1.27. The van der Waals surface area contributed by atoms with Crippen molar-refractivity contribution in [2.45, 2.75) is 13.8 Å². The second-order valence-corrected chi connectivity index (χ2v) is 3.72. The third kappa shape index (κ3) is 4.87. The Morgan fingerprint density at radius 1 is 0.727 bits per heavy atom. The number of hydrogen-bond donors (Lipinski definition) is 4. The molecule has 22 heavy (non-hydrogen) atoms. The van der Waals surface area contributed by atoms with E-state index in [1.54, 1.807) is 13.8 Å². The van der Waals surface area contributed by atoms with Gasteiger partial charge < -0.3 is 9.97 Å². The van der Waals surface area contributed by atoms with Gasteiger partial charge in [-0.3, -0.25) is 19.6 Å². The van der Waals surface area contributed by atoms with Crippen molar-refractivity contribution in [3.63, 3.8) is 0 Å². The summed E-state index contributed by atoms with van der Waals surface area (Å²) in [5, 5.41) is 0. The highest BCUT2D eigenvalue weighted by Crippen LogP contribution is 1.77. The molecule has 112 valence electrons. The topological polar surface area (TPSA) is 131 Å². The lowest BCUT2D eigenvalue weighted by Gasteiger charge is -1.84. The van der Waals surface area contributed by atoms with Crippen molar-refractivity contribution in [3.8, 4) is 23.7 Å². The molecule has 0 unspecified atom stereocenters. The van der Waals surface area contributed by atoms with Gasteiger partial charge in [0.25, 0.3) is 11.1 Å². The van der Waals surface area contributed by atoms with E-state index < -0.39 is 22.5 Å². The van der Waals surface area contributed by atoms with Crippen molar-refractivity contribution in [3.05, 3.63) is 65.2 Å². The summed E-state index contributed by atoms with van der Waals surface area (Å²) in [6.45, 7) is 3.23. The Hall–Kier alpha value is -3.52. The molecule has 0 aliphatic carbocycles. The first-order valence-electron chi connectivity index (χ1n) is 5.97. The van der Waals surface area contributed by atoms with Crippen LogP contribution in [0.1, 0.15) is 25.0 Å². The molecule has 2 heterocycles. The van der Waals surface area contributed by atoms with Gasteiger partial charge in [-0.2, -0.15) is 0 Å². The summed E-state index contributed by atoms with van der Waals surface area (Å²) in [6.07, 6.45) is 2.58. The van der Waals surface area contributed by atoms with Crippen molar-refractivity contribution >= 4 is 0 Å². The Bertz CT molecular complexity index is 916. The van der Waals surface area contributed by atoms with Crippen LogP contribution in [0, 0.1) is 23.7 Å². The summed E-state index contributed by atoms with van der Waals surface area (Å²) in [5.41, 5.74) is -1.40. The maximum absolute atomic E-state index is 10.9. The van der Waals surface area contributed by atoms with Gasteiger partial charge in [0.15, 0.2) is 0 Å². The average molecular weight is 300 g/mol. The van der Waals surface area contributed by atoms with Crippen molar-refractivity contribution in [1.29, 1.82) is 0 Å². The highest BCUT2D eigenvalue weighted by atomic mass is 16.2. The summed E-state index contributed by atoms with van der Waals surface area (Å²) in [6, 6.07) is 0. The summed E-state index contributed by atoms with van der Waals surface area (Å²) >= 11 is 0. The standard InChI is InChI=1S/2C7H6N2O2/c2*1-2-3-5-4-8-7(11)9-6(5)10/h2*4H,1H3,(H2,8,9,10,11). The van der Waals surface area contributed by atoms with Crippen LogP contribution in [0.2, 0.25) is 0 Å². The summed E-state index contributed by atoms with van der Waals surface area (Å²) in [7, 11) is 0. The molecule has 0 fully saturated rings. The Morgan fingerprint density at radius 3 is 1.36 bits per heavy atom. The number of H-pyrrole nitrogens is 4. The van der Waals surface area contributed by atoms with Crippen LogP contribution in [-0.4, -0.2) is 19.9 Å². The van der Waals surface area contributed by atoms with Crippen LogP contribution in [0.25, 0.3) is 0 Å². The third-order valence-electron chi connectivity index (χ3n) is 2.16. The van der Waals surface area contributed by atoms with Crippen LogP contribution in [0.15, 0.2) is 31.6 Å². The van der Waals surface area contributed by atoms with Crippen molar-refractivity contribution in [2.75, 3.05) is 0 Å². The van der Waals surface area contributed by atoms with Gasteiger partial charge in [0.1, 0.15) is 11.1 Å². The number of aromatic nitrogens is 4. The Balaban J connectivity index is 0.000000220. The van der Waals surface area contributed by atoms with Crippen molar-refractivity contribution in [1.82, 2.24) is 19.9 Å². The largest absolute Gasteiger partial charge is 0.325 e. The minimum Gasteiger partial charge on any atom is -0.313 e. The zero-order chi connectivity index (χ0) is 16.5. The minimum atomic E-state index is -0.517. The fraction of sp³-hybridized carbons (Fsp3) is 0.143. The predicted molar refractivity (Wildman–Crippen MR) is 80.5 cm³/mol. The Morgan fingerprint density at radius 2 is 1.09 bits per heavy atom. The molecule has 0 atom stereocenters. The predicted octanol–water partition coefficient (Wildman–Crippen LogP) is -1.13. The van der Waals surface area contributed by atoms with Crippen LogP contribution in [-0.2, 0) is 0 Å². The molecular weight excluding hydrogens is 288 g/mol. The zero-order valence-electron chi connectivity index (χ0n) is 11.8. The first-order valence-corrected chi connectivity index (χ1v) is 5.97. The number of nitrogens with one attached hydrogen (secondary N) is 4. The second kappa shape index (κ2) is 7.92. The normalized spacial score (nSPS) is 8.45. The van der Waals surface area contributed by atoms with Crippen molar-refractivity contribution in [2.24, 2.45) is 0 Å². The number of aromatic amines is 4. The Labute approximate surface area is 123 Å². The van der Waals surface area contributed by atoms with E-state index in [4.69, 9.17) is 0 Å².